The smallest absolute Gasteiger partial charge is 0.354 e. The number of hydrogen-bond donors (Lipinski definition) is 2. The summed E-state index contributed by atoms with van der Waals surface area (Å²) in [4.78, 5) is 48.7. The maximum absolute atomic E-state index is 13.0. The molecule has 2 amide bonds. The molecule has 0 saturated carbocycles. The number of nitrogens with zero attached hydrogens (tertiary/aromatic N) is 5. The Morgan fingerprint density at radius 3 is 2.47 bits per heavy atom. The van der Waals surface area contributed by atoms with Gasteiger partial charge in [0.2, 0.25) is 5.82 Å². The maximum atomic E-state index is 13.0. The monoisotopic (exact) mass is 639 g/mol. The number of imidazole rings is 1. The maximum Gasteiger partial charge on any atom is 0.354 e. The summed E-state index contributed by atoms with van der Waals surface area (Å²) >= 11 is 0. The highest BCUT2D eigenvalue weighted by molar-refractivity contribution is 6.02. The highest BCUT2D eigenvalue weighted by Gasteiger charge is 2.37. The van der Waals surface area contributed by atoms with Crippen LogP contribution in [0.2, 0.25) is 0 Å². The Bertz CT molecular complexity index is 1810. The first kappa shape index (κ1) is 32.7. The average molecular weight is 640 g/mol. The molecule has 0 spiro atoms. The summed E-state index contributed by atoms with van der Waals surface area (Å²) in [5.74, 6) is -0.515. The molecule has 13 nitrogen and oxygen atoms in total. The summed E-state index contributed by atoms with van der Waals surface area (Å²) in [6, 6.07) is 8.69. The zero-order valence-electron chi connectivity index (χ0n) is 26.8. The van der Waals surface area contributed by atoms with Crippen molar-refractivity contribution in [3.8, 4) is 11.1 Å². The van der Waals surface area contributed by atoms with Gasteiger partial charge in [0.15, 0.2) is 5.82 Å². The van der Waals surface area contributed by atoms with Gasteiger partial charge in [0.1, 0.15) is 18.1 Å². The molecule has 3 aromatic rings. The molecule has 1 fully saturated rings. The first-order chi connectivity index (χ1) is 22.5. The Morgan fingerprint density at radius 1 is 1.02 bits per heavy atom. The molecule has 244 valence electrons. The molecule has 2 unspecified atom stereocenters. The normalized spacial score (nSPS) is 18.1. The number of aryl methyl sites for hydroxylation is 2. The molecular formula is C34H37N7O6. The predicted molar refractivity (Wildman–Crippen MR) is 178 cm³/mol. The number of carbonyl (C=O) groups is 3. The standard InChI is InChI=1S/C34H37N7O6/c1-20(45-6)14-26-21(2)22(3)41-13-12-29(28(41)16-35-26)47-19-31(42)37-30-18-40(5)32(38-30)33(43)36-25-10-8-23(9-11-25)24-15-27(34(44)46-7)39(4)17-24/h8-11,14-18,28-29H,1-3,12-13,19H2,4-7H3,(H,36,43)(H,37,42). The lowest BCUT2D eigenvalue weighted by Gasteiger charge is -2.27. The molecule has 13 heteroatoms. The van der Waals surface area contributed by atoms with E-state index < -0.39 is 17.8 Å². The second-order valence-corrected chi connectivity index (χ2v) is 11.1. The molecule has 1 saturated heterocycles. The largest absolute Gasteiger partial charge is 0.497 e. The van der Waals surface area contributed by atoms with Crippen molar-refractivity contribution in [1.29, 1.82) is 0 Å². The lowest BCUT2D eigenvalue weighted by atomic mass is 10.1. The van der Waals surface area contributed by atoms with E-state index in [4.69, 9.17) is 14.2 Å². The van der Waals surface area contributed by atoms with Gasteiger partial charge < -0.3 is 38.9 Å². The summed E-state index contributed by atoms with van der Waals surface area (Å²) in [5, 5.41) is 5.52. The second-order valence-electron chi connectivity index (χ2n) is 11.1. The number of allylic oxidation sites excluding steroid dienone is 1. The second kappa shape index (κ2) is 13.7. The lowest BCUT2D eigenvalue weighted by molar-refractivity contribution is -0.122. The first-order valence-corrected chi connectivity index (χ1v) is 14.7. The van der Waals surface area contributed by atoms with Crippen molar-refractivity contribution in [2.75, 3.05) is 38.0 Å². The zero-order chi connectivity index (χ0) is 33.8. The number of ether oxygens (including phenoxy) is 3. The molecule has 5 rings (SSSR count). The SMILES string of the molecule is C=C(C=C1N=CC2C(OCC(=O)Nc3cn(C)c(C(=O)Nc4ccc(-c5cc(C(=O)OC)n(C)c5)cc4)n3)CCN2C(=C)C1=C)OC. The number of carbonyl (C=O) groups excluding carboxylic acids is 3. The summed E-state index contributed by atoms with van der Waals surface area (Å²) < 4.78 is 19.2. The highest BCUT2D eigenvalue weighted by atomic mass is 16.5. The molecule has 1 aromatic carbocycles. The number of aliphatic imine (C=N–C) groups is 1. The van der Waals surface area contributed by atoms with Gasteiger partial charge >= 0.3 is 5.97 Å². The summed E-state index contributed by atoms with van der Waals surface area (Å²) in [5.41, 5.74) is 4.66. The number of methoxy groups -OCH3 is 2. The molecule has 2 aromatic heterocycles. The van der Waals surface area contributed by atoms with Gasteiger partial charge in [-0.1, -0.05) is 31.9 Å². The number of anilines is 2. The van der Waals surface area contributed by atoms with Crippen LogP contribution in [0.5, 0.6) is 0 Å². The number of fused-ring (bicyclic) bond motifs is 1. The van der Waals surface area contributed by atoms with Gasteiger partial charge in [-0.15, -0.1) is 0 Å². The van der Waals surface area contributed by atoms with Crippen molar-refractivity contribution in [3.05, 3.63) is 103 Å². The van der Waals surface area contributed by atoms with Crippen LogP contribution < -0.4 is 10.6 Å². The van der Waals surface area contributed by atoms with Gasteiger partial charge in [0, 0.05) is 67.8 Å². The van der Waals surface area contributed by atoms with Crippen molar-refractivity contribution < 1.29 is 28.6 Å². The quantitative estimate of drug-likeness (QED) is 0.250. The van der Waals surface area contributed by atoms with E-state index in [9.17, 15) is 14.4 Å². The minimum absolute atomic E-state index is 0.107. The molecule has 2 N–H and O–H groups in total. The number of aromatic nitrogens is 3. The minimum Gasteiger partial charge on any atom is -0.497 e. The van der Waals surface area contributed by atoms with E-state index in [0.29, 0.717) is 41.4 Å². The Morgan fingerprint density at radius 2 is 1.77 bits per heavy atom. The Kier molecular flexibility index (Phi) is 9.56. The highest BCUT2D eigenvalue weighted by Crippen LogP contribution is 2.33. The fraction of sp³-hybridized carbons (Fsp3) is 0.265. The number of benzene rings is 1. The van der Waals surface area contributed by atoms with Crippen LogP contribution in [0.25, 0.3) is 11.1 Å². The topological polar surface area (TPSA) is 141 Å². The van der Waals surface area contributed by atoms with Gasteiger partial charge in [0.25, 0.3) is 11.8 Å². The Labute approximate surface area is 272 Å². The number of rotatable bonds is 10. The van der Waals surface area contributed by atoms with Crippen molar-refractivity contribution in [1.82, 2.24) is 19.0 Å². The summed E-state index contributed by atoms with van der Waals surface area (Å²) in [6.45, 7) is 12.6. The van der Waals surface area contributed by atoms with E-state index in [1.807, 2.05) is 18.3 Å². The number of amides is 2. The van der Waals surface area contributed by atoms with Crippen molar-refractivity contribution in [2.24, 2.45) is 19.1 Å². The molecule has 2 aliphatic rings. The van der Waals surface area contributed by atoms with E-state index in [2.05, 4.69) is 45.2 Å². The molecule has 47 heavy (non-hydrogen) atoms. The Hall–Kier alpha value is -5.69. The molecule has 0 radical (unpaired) electrons. The van der Waals surface area contributed by atoms with Crippen LogP contribution in [-0.2, 0) is 33.1 Å². The summed E-state index contributed by atoms with van der Waals surface area (Å²) in [7, 11) is 6.30. The molecule has 4 heterocycles. The summed E-state index contributed by atoms with van der Waals surface area (Å²) in [6.07, 6.45) is 7.22. The minimum atomic E-state index is -0.451. The van der Waals surface area contributed by atoms with Crippen molar-refractivity contribution in [3.63, 3.8) is 0 Å². The van der Waals surface area contributed by atoms with Crippen LogP contribution in [0.4, 0.5) is 11.5 Å². The van der Waals surface area contributed by atoms with Gasteiger partial charge in [-0.2, -0.15) is 0 Å². The van der Waals surface area contributed by atoms with E-state index in [0.717, 1.165) is 16.8 Å². The van der Waals surface area contributed by atoms with Crippen LogP contribution in [-0.4, -0.2) is 82.5 Å². The van der Waals surface area contributed by atoms with Crippen molar-refractivity contribution >= 4 is 35.5 Å². The molecular weight excluding hydrogens is 602 g/mol. The van der Waals surface area contributed by atoms with E-state index in [-0.39, 0.29) is 30.4 Å². The van der Waals surface area contributed by atoms with E-state index in [1.54, 1.807) is 55.3 Å². The van der Waals surface area contributed by atoms with Crippen LogP contribution in [0, 0.1) is 0 Å². The Balaban J connectivity index is 1.16. The van der Waals surface area contributed by atoms with Crippen molar-refractivity contribution in [2.45, 2.75) is 18.6 Å². The molecule has 2 atom stereocenters. The fourth-order valence-corrected chi connectivity index (χ4v) is 5.41. The van der Waals surface area contributed by atoms with Crippen LogP contribution in [0.15, 0.2) is 96.3 Å². The molecule has 0 bridgehead atoms. The number of esters is 1. The van der Waals surface area contributed by atoms with Gasteiger partial charge in [0.05, 0.1) is 32.1 Å². The third-order valence-corrected chi connectivity index (χ3v) is 7.98. The average Bonchev–Trinajstić information content (AvgIpc) is 3.75. The molecule has 0 aliphatic carbocycles. The van der Waals surface area contributed by atoms with Crippen LogP contribution in [0.1, 0.15) is 27.5 Å². The third kappa shape index (κ3) is 7.10. The molecule has 2 aliphatic heterocycles. The van der Waals surface area contributed by atoms with E-state index in [1.165, 1.54) is 18.8 Å². The fourth-order valence-electron chi connectivity index (χ4n) is 5.41. The first-order valence-electron chi connectivity index (χ1n) is 14.7. The van der Waals surface area contributed by atoms with Crippen LogP contribution >= 0.6 is 0 Å². The van der Waals surface area contributed by atoms with Gasteiger partial charge in [-0.3, -0.25) is 14.6 Å². The van der Waals surface area contributed by atoms with Gasteiger partial charge in [-0.05, 0) is 30.2 Å². The predicted octanol–water partition coefficient (Wildman–Crippen LogP) is 4.06. The number of hydrogen-bond acceptors (Lipinski definition) is 9. The number of nitrogens with one attached hydrogen (secondary N) is 2. The zero-order valence-corrected chi connectivity index (χ0v) is 26.8. The van der Waals surface area contributed by atoms with Gasteiger partial charge in [-0.25, -0.2) is 9.78 Å². The lowest BCUT2D eigenvalue weighted by Crippen LogP contribution is -2.37. The van der Waals surface area contributed by atoms with Crippen LogP contribution in [0.3, 0.4) is 0 Å². The third-order valence-electron chi connectivity index (χ3n) is 7.98. The van der Waals surface area contributed by atoms with E-state index >= 15 is 0 Å².